The summed E-state index contributed by atoms with van der Waals surface area (Å²) in [6.45, 7) is 0.505. The fourth-order valence-electron chi connectivity index (χ4n) is 1.88. The normalized spacial score (nSPS) is 14.3. The van der Waals surface area contributed by atoms with E-state index in [1.54, 1.807) is 4.90 Å². The minimum atomic E-state index is -6.48. The van der Waals surface area contributed by atoms with Crippen molar-refractivity contribution in [3.05, 3.63) is 0 Å². The van der Waals surface area contributed by atoms with Crippen LogP contribution in [0.25, 0.3) is 0 Å². The number of alkyl halides is 5. The van der Waals surface area contributed by atoms with Crippen LogP contribution in [0.5, 0.6) is 0 Å². The minimum Gasteiger partial charge on any atom is -0.445 e. The topological polar surface area (TPSA) is 134 Å². The highest BCUT2D eigenvalue weighted by Gasteiger charge is 2.65. The van der Waals surface area contributed by atoms with Crippen molar-refractivity contribution in [1.29, 1.82) is 0 Å². The van der Waals surface area contributed by atoms with E-state index in [-0.39, 0.29) is 45.9 Å². The monoisotopic (exact) mass is 447 g/mol. The largest absolute Gasteiger partial charge is 0.445 e. The van der Waals surface area contributed by atoms with Gasteiger partial charge in [0.25, 0.3) is 6.10 Å². The van der Waals surface area contributed by atoms with Crippen LogP contribution in [0.1, 0.15) is 12.8 Å². The molecule has 0 radical (unpaired) electrons. The predicted octanol–water partition coefficient (Wildman–Crippen LogP) is 0.0245. The van der Waals surface area contributed by atoms with E-state index < -0.39 is 40.0 Å². The molecule has 0 fully saturated rings. The first-order valence-electron chi connectivity index (χ1n) is 7.90. The number of esters is 1. The van der Waals surface area contributed by atoms with E-state index in [2.05, 4.69) is 4.74 Å². The van der Waals surface area contributed by atoms with Crippen molar-refractivity contribution in [3.8, 4) is 0 Å². The van der Waals surface area contributed by atoms with Gasteiger partial charge in [0.15, 0.2) is 0 Å². The molecule has 9 nitrogen and oxygen atoms in total. The molecule has 1 unspecified atom stereocenters. The molecule has 0 aliphatic carbocycles. The maximum atomic E-state index is 13.2. The molecule has 3 N–H and O–H groups in total. The Hall–Kier alpha value is -1.13. The summed E-state index contributed by atoms with van der Waals surface area (Å²) in [6, 6.07) is 0. The number of aliphatic hydroxyl groups is 2. The van der Waals surface area contributed by atoms with Crippen LogP contribution in [0.3, 0.4) is 0 Å². The van der Waals surface area contributed by atoms with E-state index in [0.29, 0.717) is 6.54 Å². The van der Waals surface area contributed by atoms with Crippen LogP contribution in [0.2, 0.25) is 0 Å². The van der Waals surface area contributed by atoms with Gasteiger partial charge in [0.05, 0.1) is 19.8 Å². The molecule has 0 aliphatic rings. The van der Waals surface area contributed by atoms with Gasteiger partial charge < -0.3 is 19.7 Å². The zero-order valence-corrected chi connectivity index (χ0v) is 15.4. The number of halogens is 5. The van der Waals surface area contributed by atoms with Crippen molar-refractivity contribution in [2.75, 3.05) is 46.1 Å². The number of nitrogens with zero attached hydrogens (tertiary/aromatic N) is 1. The highest BCUT2D eigenvalue weighted by Crippen LogP contribution is 2.38. The molecule has 0 saturated heterocycles. The number of carbonyl (C=O) groups is 1. The third-order valence-electron chi connectivity index (χ3n) is 3.25. The molecular formula is C13H22F5NO8S. The summed E-state index contributed by atoms with van der Waals surface area (Å²) in [7, 11) is -6.48. The van der Waals surface area contributed by atoms with Gasteiger partial charge in [-0.1, -0.05) is 0 Å². The average molecular weight is 447 g/mol. The van der Waals surface area contributed by atoms with Crippen LogP contribution < -0.4 is 0 Å². The molecule has 0 saturated carbocycles. The minimum absolute atomic E-state index is 0.0983. The Balaban J connectivity index is 4.45. The predicted molar refractivity (Wildman–Crippen MR) is 83.1 cm³/mol. The van der Waals surface area contributed by atoms with Gasteiger partial charge >= 0.3 is 27.5 Å². The Kier molecular flexibility index (Phi) is 11.3. The molecule has 0 bridgehead atoms. The summed E-state index contributed by atoms with van der Waals surface area (Å²) in [5.74, 6) is -1.75. The maximum absolute atomic E-state index is 13.2. The second-order valence-electron chi connectivity index (χ2n) is 5.45. The van der Waals surface area contributed by atoms with E-state index in [9.17, 15) is 35.2 Å². The van der Waals surface area contributed by atoms with Crippen LogP contribution >= 0.6 is 0 Å². The summed E-state index contributed by atoms with van der Waals surface area (Å²) in [4.78, 5) is 13.0. The number of hydrogen-bond acceptors (Lipinski definition) is 8. The van der Waals surface area contributed by atoms with Crippen LogP contribution in [0.4, 0.5) is 22.0 Å². The molecule has 0 aromatic carbocycles. The first-order valence-corrected chi connectivity index (χ1v) is 9.34. The first kappa shape index (κ1) is 26.9. The van der Waals surface area contributed by atoms with Crippen molar-refractivity contribution in [2.45, 2.75) is 30.4 Å². The lowest BCUT2D eigenvalue weighted by Crippen LogP contribution is -2.52. The van der Waals surface area contributed by atoms with Gasteiger partial charge in [0, 0.05) is 32.7 Å². The van der Waals surface area contributed by atoms with Crippen molar-refractivity contribution in [3.63, 3.8) is 0 Å². The zero-order chi connectivity index (χ0) is 22.0. The number of hydrogen-bond donors (Lipinski definition) is 3. The summed E-state index contributed by atoms with van der Waals surface area (Å²) in [5, 5.41) is 11.8. The van der Waals surface area contributed by atoms with Gasteiger partial charge in [-0.25, -0.2) is 0 Å². The Labute approximate surface area is 157 Å². The molecule has 1 atom stereocenters. The highest BCUT2D eigenvalue weighted by atomic mass is 32.2. The van der Waals surface area contributed by atoms with E-state index in [4.69, 9.17) is 19.5 Å². The lowest BCUT2D eigenvalue weighted by molar-refractivity contribution is -0.259. The highest BCUT2D eigenvalue weighted by molar-refractivity contribution is 7.86. The summed E-state index contributed by atoms with van der Waals surface area (Å²) >= 11 is 0. The Morgan fingerprint density at radius 3 is 1.96 bits per heavy atom. The fraction of sp³-hybridized carbons (Fsp3) is 0.923. The van der Waals surface area contributed by atoms with Gasteiger partial charge in [-0.2, -0.15) is 30.4 Å². The molecule has 0 aliphatic heterocycles. The molecule has 28 heavy (non-hydrogen) atoms. The number of carbonyl (C=O) groups excluding carboxylic acids is 1. The van der Waals surface area contributed by atoms with E-state index >= 15 is 0 Å². The van der Waals surface area contributed by atoms with Crippen LogP contribution in [-0.4, -0.2) is 97.6 Å². The van der Waals surface area contributed by atoms with E-state index in [1.165, 1.54) is 0 Å². The molecule has 0 heterocycles. The smallest absolute Gasteiger partial charge is 0.432 e. The first-order chi connectivity index (χ1) is 12.8. The van der Waals surface area contributed by atoms with Crippen molar-refractivity contribution in [1.82, 2.24) is 4.90 Å². The molecule has 0 amide bonds. The molecular weight excluding hydrogens is 425 g/mol. The average Bonchev–Trinajstić information content (AvgIpc) is 2.53. The van der Waals surface area contributed by atoms with Crippen LogP contribution in [0.15, 0.2) is 0 Å². The summed E-state index contributed by atoms with van der Waals surface area (Å²) in [6.07, 6.45) is -11.3. The second-order valence-corrected chi connectivity index (χ2v) is 6.95. The van der Waals surface area contributed by atoms with Crippen molar-refractivity contribution < 1.29 is 59.4 Å². The maximum Gasteiger partial charge on any atom is 0.432 e. The SMILES string of the molecule is O=C(CCCOCCN(CCO)CCO)OC(C(F)(F)F)C(F)(F)S(=O)(=O)O. The third-order valence-corrected chi connectivity index (χ3v) is 4.15. The Bertz CT molecular complexity index is 566. The van der Waals surface area contributed by atoms with Crippen LogP contribution in [0, 0.1) is 0 Å². The molecule has 0 aromatic heterocycles. The van der Waals surface area contributed by atoms with Gasteiger partial charge in [-0.15, -0.1) is 0 Å². The van der Waals surface area contributed by atoms with Gasteiger partial charge in [0.2, 0.25) is 0 Å². The van der Waals surface area contributed by atoms with Crippen molar-refractivity contribution in [2.24, 2.45) is 0 Å². The van der Waals surface area contributed by atoms with Crippen molar-refractivity contribution >= 4 is 16.1 Å². The lowest BCUT2D eigenvalue weighted by atomic mass is 10.3. The molecule has 0 spiro atoms. The summed E-state index contributed by atoms with van der Waals surface area (Å²) in [5.41, 5.74) is 0. The number of aliphatic hydroxyl groups excluding tert-OH is 2. The van der Waals surface area contributed by atoms with Gasteiger partial charge in [0.1, 0.15) is 0 Å². The second kappa shape index (κ2) is 11.8. The number of rotatable bonds is 14. The summed E-state index contributed by atoms with van der Waals surface area (Å²) < 4.78 is 102. The Morgan fingerprint density at radius 1 is 1.00 bits per heavy atom. The fourth-order valence-corrected chi connectivity index (χ4v) is 2.34. The van der Waals surface area contributed by atoms with E-state index in [1.807, 2.05) is 0 Å². The van der Waals surface area contributed by atoms with Gasteiger partial charge in [-0.3, -0.25) is 14.2 Å². The van der Waals surface area contributed by atoms with Gasteiger partial charge in [-0.05, 0) is 6.42 Å². The standard InChI is InChI=1S/C13H22F5NO8S/c14-12(15,16)11(13(17,18)28(23,24)25)27-10(22)2-1-8-26-9-5-19(3-6-20)4-7-21/h11,20-21H,1-9H2,(H,23,24,25). The third kappa shape index (κ3) is 9.38. The Morgan fingerprint density at radius 2 is 1.54 bits per heavy atom. The molecule has 15 heteroatoms. The molecule has 168 valence electrons. The lowest BCUT2D eigenvalue weighted by Gasteiger charge is -2.26. The molecule has 0 rings (SSSR count). The van der Waals surface area contributed by atoms with E-state index in [0.717, 1.165) is 0 Å². The zero-order valence-electron chi connectivity index (χ0n) is 14.6. The van der Waals surface area contributed by atoms with Crippen LogP contribution in [-0.2, 0) is 24.4 Å². The number of ether oxygens (including phenoxy) is 2. The molecule has 0 aromatic rings. The quantitative estimate of drug-likeness (QED) is 0.146.